The number of carbonyl (C=O) groups excluding carboxylic acids is 1. The Kier molecular flexibility index (Phi) is 4.81. The standard InChI is InChI=1S/C17H26N2O/c1-12(2)9-13(3)19(4)17(20)15-6-5-14-7-8-18-11-16(14)10-15/h5-6,10,12-13,18H,7-9,11H2,1-4H3. The third-order valence-electron chi connectivity index (χ3n) is 4.13. The number of nitrogens with zero attached hydrogens (tertiary/aromatic N) is 1. The molecule has 110 valence electrons. The number of hydrogen-bond acceptors (Lipinski definition) is 2. The topological polar surface area (TPSA) is 32.3 Å². The van der Waals surface area contributed by atoms with Crippen LogP contribution in [0.5, 0.6) is 0 Å². The van der Waals surface area contributed by atoms with Crippen LogP contribution in [0.15, 0.2) is 18.2 Å². The summed E-state index contributed by atoms with van der Waals surface area (Å²) < 4.78 is 0. The van der Waals surface area contributed by atoms with Gasteiger partial charge in [-0.3, -0.25) is 4.79 Å². The summed E-state index contributed by atoms with van der Waals surface area (Å²) in [6.07, 6.45) is 2.10. The van der Waals surface area contributed by atoms with E-state index in [4.69, 9.17) is 0 Å². The fraction of sp³-hybridized carbons (Fsp3) is 0.588. The predicted octanol–water partition coefficient (Wildman–Crippen LogP) is 2.84. The van der Waals surface area contributed by atoms with Gasteiger partial charge in [-0.25, -0.2) is 0 Å². The molecule has 0 aliphatic carbocycles. The van der Waals surface area contributed by atoms with Gasteiger partial charge in [0.2, 0.25) is 0 Å². The molecule has 0 aromatic heterocycles. The first-order chi connectivity index (χ1) is 9.49. The SMILES string of the molecule is CC(C)CC(C)N(C)C(=O)c1ccc2c(c1)CNCC2. The van der Waals surface area contributed by atoms with E-state index in [9.17, 15) is 4.79 Å². The van der Waals surface area contributed by atoms with Crippen LogP contribution in [0, 0.1) is 5.92 Å². The van der Waals surface area contributed by atoms with Crippen LogP contribution in [-0.4, -0.2) is 30.4 Å². The lowest BCUT2D eigenvalue weighted by molar-refractivity contribution is 0.0728. The lowest BCUT2D eigenvalue weighted by atomic mass is 9.97. The van der Waals surface area contributed by atoms with E-state index in [-0.39, 0.29) is 11.9 Å². The molecule has 0 fully saturated rings. The molecule has 1 heterocycles. The molecule has 1 amide bonds. The largest absolute Gasteiger partial charge is 0.339 e. The van der Waals surface area contributed by atoms with Crippen LogP contribution in [0.3, 0.4) is 0 Å². The molecular weight excluding hydrogens is 248 g/mol. The molecule has 0 radical (unpaired) electrons. The van der Waals surface area contributed by atoms with Crippen molar-refractivity contribution < 1.29 is 4.79 Å². The first-order valence-electron chi connectivity index (χ1n) is 7.58. The maximum Gasteiger partial charge on any atom is 0.253 e. The first kappa shape index (κ1) is 15.0. The van der Waals surface area contributed by atoms with Gasteiger partial charge in [0.1, 0.15) is 0 Å². The third kappa shape index (κ3) is 3.40. The Bertz CT molecular complexity index is 482. The van der Waals surface area contributed by atoms with Crippen molar-refractivity contribution in [2.45, 2.75) is 46.2 Å². The van der Waals surface area contributed by atoms with E-state index in [0.29, 0.717) is 5.92 Å². The molecule has 0 saturated heterocycles. The molecule has 1 aromatic carbocycles. The number of rotatable bonds is 4. The zero-order chi connectivity index (χ0) is 14.7. The lowest BCUT2D eigenvalue weighted by Crippen LogP contribution is -2.36. The smallest absolute Gasteiger partial charge is 0.253 e. The van der Waals surface area contributed by atoms with E-state index in [1.54, 1.807) is 0 Å². The van der Waals surface area contributed by atoms with Crippen molar-refractivity contribution >= 4 is 5.91 Å². The van der Waals surface area contributed by atoms with Crippen molar-refractivity contribution in [3.63, 3.8) is 0 Å². The lowest BCUT2D eigenvalue weighted by Gasteiger charge is -2.27. The Labute approximate surface area is 122 Å². The van der Waals surface area contributed by atoms with Crippen LogP contribution in [0.4, 0.5) is 0 Å². The highest BCUT2D eigenvalue weighted by atomic mass is 16.2. The van der Waals surface area contributed by atoms with Crippen LogP contribution < -0.4 is 5.32 Å². The van der Waals surface area contributed by atoms with E-state index in [0.717, 1.165) is 31.5 Å². The summed E-state index contributed by atoms with van der Waals surface area (Å²) >= 11 is 0. The van der Waals surface area contributed by atoms with Crippen LogP contribution in [0.2, 0.25) is 0 Å². The number of hydrogen-bond donors (Lipinski definition) is 1. The summed E-state index contributed by atoms with van der Waals surface area (Å²) in [4.78, 5) is 14.4. The van der Waals surface area contributed by atoms with Gasteiger partial charge in [-0.15, -0.1) is 0 Å². The van der Waals surface area contributed by atoms with Crippen molar-refractivity contribution in [3.8, 4) is 0 Å². The fourth-order valence-electron chi connectivity index (χ4n) is 2.86. The second kappa shape index (κ2) is 6.40. The quantitative estimate of drug-likeness (QED) is 0.915. The molecule has 1 aliphatic heterocycles. The van der Waals surface area contributed by atoms with Gasteiger partial charge in [-0.2, -0.15) is 0 Å². The van der Waals surface area contributed by atoms with Gasteiger partial charge in [-0.1, -0.05) is 19.9 Å². The highest BCUT2D eigenvalue weighted by Crippen LogP contribution is 2.18. The average molecular weight is 274 g/mol. The third-order valence-corrected chi connectivity index (χ3v) is 4.13. The predicted molar refractivity (Wildman–Crippen MR) is 82.9 cm³/mol. The molecule has 3 nitrogen and oxygen atoms in total. The van der Waals surface area contributed by atoms with Crippen LogP contribution in [0.25, 0.3) is 0 Å². The van der Waals surface area contributed by atoms with Gasteiger partial charge in [-0.05, 0) is 55.5 Å². The maximum atomic E-state index is 12.6. The van der Waals surface area contributed by atoms with E-state index in [1.165, 1.54) is 11.1 Å². The van der Waals surface area contributed by atoms with Gasteiger partial charge >= 0.3 is 0 Å². The Morgan fingerprint density at radius 1 is 1.30 bits per heavy atom. The summed E-state index contributed by atoms with van der Waals surface area (Å²) in [6, 6.07) is 6.43. The Balaban J connectivity index is 2.12. The van der Waals surface area contributed by atoms with Gasteiger partial charge < -0.3 is 10.2 Å². The summed E-state index contributed by atoms with van der Waals surface area (Å²) in [7, 11) is 1.91. The summed E-state index contributed by atoms with van der Waals surface area (Å²) in [5, 5.41) is 3.36. The summed E-state index contributed by atoms with van der Waals surface area (Å²) in [6.45, 7) is 8.42. The van der Waals surface area contributed by atoms with Gasteiger partial charge in [0.15, 0.2) is 0 Å². The molecular formula is C17H26N2O. The van der Waals surface area contributed by atoms with Crippen molar-refractivity contribution in [1.29, 1.82) is 0 Å². The van der Waals surface area contributed by atoms with Crippen molar-refractivity contribution in [2.24, 2.45) is 5.92 Å². The van der Waals surface area contributed by atoms with E-state index in [2.05, 4.69) is 38.2 Å². The molecule has 1 N–H and O–H groups in total. The van der Waals surface area contributed by atoms with Crippen LogP contribution >= 0.6 is 0 Å². The zero-order valence-electron chi connectivity index (χ0n) is 13.1. The van der Waals surface area contributed by atoms with Crippen LogP contribution in [-0.2, 0) is 13.0 Å². The van der Waals surface area contributed by atoms with Crippen LogP contribution in [0.1, 0.15) is 48.7 Å². The van der Waals surface area contributed by atoms with Crippen molar-refractivity contribution in [1.82, 2.24) is 10.2 Å². The van der Waals surface area contributed by atoms with E-state index in [1.807, 2.05) is 18.0 Å². The highest BCUT2D eigenvalue weighted by Gasteiger charge is 2.19. The van der Waals surface area contributed by atoms with Gasteiger partial charge in [0.25, 0.3) is 5.91 Å². The number of carbonyl (C=O) groups is 1. The first-order valence-corrected chi connectivity index (χ1v) is 7.58. The number of benzene rings is 1. The Hall–Kier alpha value is -1.35. The molecule has 0 bridgehead atoms. The monoisotopic (exact) mass is 274 g/mol. The Morgan fingerprint density at radius 2 is 2.05 bits per heavy atom. The maximum absolute atomic E-state index is 12.6. The van der Waals surface area contributed by atoms with Gasteiger partial charge in [0.05, 0.1) is 0 Å². The minimum atomic E-state index is 0.131. The zero-order valence-corrected chi connectivity index (χ0v) is 13.1. The molecule has 1 atom stereocenters. The summed E-state index contributed by atoms with van der Waals surface area (Å²) in [5.74, 6) is 0.736. The van der Waals surface area contributed by atoms with Crippen molar-refractivity contribution in [2.75, 3.05) is 13.6 Å². The Morgan fingerprint density at radius 3 is 2.75 bits per heavy atom. The number of amides is 1. The fourth-order valence-corrected chi connectivity index (χ4v) is 2.86. The average Bonchev–Trinajstić information content (AvgIpc) is 2.44. The molecule has 1 unspecified atom stereocenters. The van der Waals surface area contributed by atoms with Crippen molar-refractivity contribution in [3.05, 3.63) is 34.9 Å². The molecule has 2 rings (SSSR count). The second-order valence-corrected chi connectivity index (χ2v) is 6.30. The molecule has 1 aliphatic rings. The van der Waals surface area contributed by atoms with E-state index < -0.39 is 0 Å². The summed E-state index contributed by atoms with van der Waals surface area (Å²) in [5.41, 5.74) is 3.45. The molecule has 0 spiro atoms. The second-order valence-electron chi connectivity index (χ2n) is 6.30. The molecule has 1 aromatic rings. The molecule has 3 heteroatoms. The van der Waals surface area contributed by atoms with E-state index >= 15 is 0 Å². The minimum Gasteiger partial charge on any atom is -0.339 e. The highest BCUT2D eigenvalue weighted by molar-refractivity contribution is 5.94. The number of nitrogens with one attached hydrogen (secondary N) is 1. The normalized spacial score (nSPS) is 15.8. The number of fused-ring (bicyclic) bond motifs is 1. The molecule has 20 heavy (non-hydrogen) atoms. The van der Waals surface area contributed by atoms with Gasteiger partial charge in [0, 0.05) is 25.2 Å². The molecule has 0 saturated carbocycles. The minimum absolute atomic E-state index is 0.131.